The van der Waals surface area contributed by atoms with Gasteiger partial charge in [0.1, 0.15) is 0 Å². The molecule has 0 unspecified atom stereocenters. The average molecular weight is 183 g/mol. The van der Waals surface area contributed by atoms with E-state index in [2.05, 4.69) is 13.0 Å². The standard InChI is InChI=1S/C6H10.Ru/c1-6-4-2-3-5-6;/h4H,2-3,5H2,1H3;. The molecule has 0 aromatic carbocycles. The van der Waals surface area contributed by atoms with Crippen LogP contribution in [0.3, 0.4) is 0 Å². The van der Waals surface area contributed by atoms with Gasteiger partial charge >= 0.3 is 0 Å². The molecule has 0 nitrogen and oxygen atoms in total. The van der Waals surface area contributed by atoms with Gasteiger partial charge in [-0.1, -0.05) is 11.6 Å². The Morgan fingerprint density at radius 2 is 2.29 bits per heavy atom. The summed E-state index contributed by atoms with van der Waals surface area (Å²) >= 11 is 0. The van der Waals surface area contributed by atoms with Crippen LogP contribution in [0.5, 0.6) is 0 Å². The fourth-order valence-electron chi connectivity index (χ4n) is 0.831. The molecule has 0 aromatic heterocycles. The normalized spacial score (nSPS) is 18.1. The minimum atomic E-state index is 0. The molecule has 1 heteroatoms. The summed E-state index contributed by atoms with van der Waals surface area (Å²) in [6.07, 6.45) is 6.39. The first-order chi connectivity index (χ1) is 2.89. The first-order valence-corrected chi connectivity index (χ1v) is 2.55. The second-order valence-corrected chi connectivity index (χ2v) is 1.94. The summed E-state index contributed by atoms with van der Waals surface area (Å²) in [6.45, 7) is 2.20. The predicted octanol–water partition coefficient (Wildman–Crippen LogP) is 2.11. The van der Waals surface area contributed by atoms with Gasteiger partial charge in [0, 0.05) is 19.5 Å². The van der Waals surface area contributed by atoms with Crippen molar-refractivity contribution in [1.29, 1.82) is 0 Å². The summed E-state index contributed by atoms with van der Waals surface area (Å²) in [4.78, 5) is 0. The third-order valence-corrected chi connectivity index (χ3v) is 1.27. The van der Waals surface area contributed by atoms with E-state index in [-0.39, 0.29) is 19.5 Å². The molecule has 1 aliphatic rings. The van der Waals surface area contributed by atoms with Crippen molar-refractivity contribution in [3.8, 4) is 0 Å². The van der Waals surface area contributed by atoms with Gasteiger partial charge in [-0.2, -0.15) is 0 Å². The number of hydrogen-bond donors (Lipinski definition) is 0. The molecular weight excluding hydrogens is 173 g/mol. The van der Waals surface area contributed by atoms with Crippen LogP contribution in [0.15, 0.2) is 11.6 Å². The van der Waals surface area contributed by atoms with Crippen molar-refractivity contribution in [2.24, 2.45) is 0 Å². The van der Waals surface area contributed by atoms with Crippen LogP contribution >= 0.6 is 0 Å². The fourth-order valence-corrected chi connectivity index (χ4v) is 0.831. The Labute approximate surface area is 57.8 Å². The van der Waals surface area contributed by atoms with E-state index < -0.39 is 0 Å². The van der Waals surface area contributed by atoms with E-state index in [4.69, 9.17) is 0 Å². The smallest absolute Gasteiger partial charge is 0 e. The third-order valence-electron chi connectivity index (χ3n) is 1.27. The van der Waals surface area contributed by atoms with E-state index >= 15 is 0 Å². The molecule has 0 fully saturated rings. The molecule has 0 heterocycles. The molecule has 0 N–H and O–H groups in total. The predicted molar refractivity (Wildman–Crippen MR) is 27.6 cm³/mol. The summed E-state index contributed by atoms with van der Waals surface area (Å²) in [6, 6.07) is 0. The largest absolute Gasteiger partial charge is 0.0856 e. The van der Waals surface area contributed by atoms with Gasteiger partial charge in [0.15, 0.2) is 0 Å². The zero-order valence-electron chi connectivity index (χ0n) is 4.55. The minimum Gasteiger partial charge on any atom is -0.0856 e. The quantitative estimate of drug-likeness (QED) is 0.398. The third kappa shape index (κ3) is 2.23. The molecule has 1 rings (SSSR count). The molecule has 0 saturated carbocycles. The van der Waals surface area contributed by atoms with Crippen molar-refractivity contribution < 1.29 is 19.5 Å². The SMILES string of the molecule is CC1=CCCC1.[Ru]. The van der Waals surface area contributed by atoms with E-state index in [1.807, 2.05) is 0 Å². The van der Waals surface area contributed by atoms with E-state index in [0.29, 0.717) is 0 Å². The van der Waals surface area contributed by atoms with Crippen LogP contribution in [0, 0.1) is 0 Å². The Kier molecular flexibility index (Phi) is 3.55. The molecule has 0 radical (unpaired) electrons. The van der Waals surface area contributed by atoms with Crippen LogP contribution in [0.2, 0.25) is 0 Å². The van der Waals surface area contributed by atoms with Gasteiger partial charge in [-0.25, -0.2) is 0 Å². The van der Waals surface area contributed by atoms with Crippen LogP contribution in [-0.4, -0.2) is 0 Å². The van der Waals surface area contributed by atoms with E-state index in [9.17, 15) is 0 Å². The molecule has 0 aromatic rings. The maximum atomic E-state index is 2.32. The fraction of sp³-hybridized carbons (Fsp3) is 0.667. The number of allylic oxidation sites excluding steroid dienone is 2. The van der Waals surface area contributed by atoms with Crippen molar-refractivity contribution in [1.82, 2.24) is 0 Å². The van der Waals surface area contributed by atoms with Crippen LogP contribution in [0.4, 0.5) is 0 Å². The summed E-state index contributed by atoms with van der Waals surface area (Å²) < 4.78 is 0. The maximum absolute atomic E-state index is 2.32. The van der Waals surface area contributed by atoms with Gasteiger partial charge < -0.3 is 0 Å². The molecule has 1 aliphatic carbocycles. The minimum absolute atomic E-state index is 0. The van der Waals surface area contributed by atoms with Crippen molar-refractivity contribution in [3.63, 3.8) is 0 Å². The summed E-state index contributed by atoms with van der Waals surface area (Å²) in [5.41, 5.74) is 1.58. The molecule has 0 saturated heterocycles. The summed E-state index contributed by atoms with van der Waals surface area (Å²) in [5, 5.41) is 0. The second-order valence-electron chi connectivity index (χ2n) is 1.94. The van der Waals surface area contributed by atoms with Gasteiger partial charge in [0.2, 0.25) is 0 Å². The van der Waals surface area contributed by atoms with Gasteiger partial charge in [0.05, 0.1) is 0 Å². The molecule has 0 aliphatic heterocycles. The Hall–Kier alpha value is 0.363. The molecule has 0 spiro atoms. The van der Waals surface area contributed by atoms with Crippen molar-refractivity contribution in [3.05, 3.63) is 11.6 Å². The summed E-state index contributed by atoms with van der Waals surface area (Å²) in [7, 11) is 0. The van der Waals surface area contributed by atoms with Gasteiger partial charge in [-0.05, 0) is 26.2 Å². The molecule has 0 atom stereocenters. The van der Waals surface area contributed by atoms with Gasteiger partial charge in [-0.3, -0.25) is 0 Å². The first-order valence-electron chi connectivity index (χ1n) is 2.55. The molecular formula is C6H10Ru. The molecule has 7 heavy (non-hydrogen) atoms. The monoisotopic (exact) mass is 184 g/mol. The first kappa shape index (κ1) is 7.36. The second kappa shape index (κ2) is 3.38. The molecule has 0 amide bonds. The topological polar surface area (TPSA) is 0 Å². The maximum Gasteiger partial charge on any atom is 0 e. The Morgan fingerprint density at radius 1 is 1.57 bits per heavy atom. The number of rotatable bonds is 0. The van der Waals surface area contributed by atoms with Gasteiger partial charge in [-0.15, -0.1) is 0 Å². The molecule has 42 valence electrons. The van der Waals surface area contributed by atoms with Crippen LogP contribution in [-0.2, 0) is 19.5 Å². The van der Waals surface area contributed by atoms with Crippen molar-refractivity contribution in [2.75, 3.05) is 0 Å². The number of hydrogen-bond acceptors (Lipinski definition) is 0. The molecule has 0 bridgehead atoms. The van der Waals surface area contributed by atoms with Crippen molar-refractivity contribution >= 4 is 0 Å². The van der Waals surface area contributed by atoms with E-state index in [1.165, 1.54) is 19.3 Å². The van der Waals surface area contributed by atoms with Crippen LogP contribution in [0.1, 0.15) is 26.2 Å². The average Bonchev–Trinajstić information content (AvgIpc) is 1.86. The van der Waals surface area contributed by atoms with Crippen LogP contribution < -0.4 is 0 Å². The van der Waals surface area contributed by atoms with E-state index in [1.54, 1.807) is 5.57 Å². The zero-order chi connectivity index (χ0) is 4.41. The Morgan fingerprint density at radius 3 is 2.43 bits per heavy atom. The zero-order valence-corrected chi connectivity index (χ0v) is 6.29. The van der Waals surface area contributed by atoms with Crippen LogP contribution in [0.25, 0.3) is 0 Å². The van der Waals surface area contributed by atoms with Gasteiger partial charge in [0.25, 0.3) is 0 Å². The Balaban J connectivity index is 0.000000360. The summed E-state index contributed by atoms with van der Waals surface area (Å²) in [5.74, 6) is 0. The van der Waals surface area contributed by atoms with Crippen molar-refractivity contribution in [2.45, 2.75) is 26.2 Å². The Bertz CT molecular complexity index is 74.2. The van der Waals surface area contributed by atoms with E-state index in [0.717, 1.165) is 0 Å².